The molecule has 0 aliphatic carbocycles. The molecule has 2 aromatic heterocycles. The molecule has 0 bridgehead atoms. The summed E-state index contributed by atoms with van der Waals surface area (Å²) < 4.78 is 13.4. The molecular formula is C20H17FN4S. The molecule has 0 unspecified atom stereocenters. The van der Waals surface area contributed by atoms with Gasteiger partial charge in [0.25, 0.3) is 0 Å². The van der Waals surface area contributed by atoms with Crippen molar-refractivity contribution in [3.63, 3.8) is 0 Å². The number of halogens is 1. The molecule has 0 saturated heterocycles. The maximum Gasteiger partial charge on any atom is 0.229 e. The molecule has 130 valence electrons. The fourth-order valence-electron chi connectivity index (χ4n) is 2.72. The zero-order valence-electron chi connectivity index (χ0n) is 13.9. The Hall–Kier alpha value is -2.99. The second-order valence-electron chi connectivity index (χ2n) is 5.80. The van der Waals surface area contributed by atoms with Gasteiger partial charge in [-0.3, -0.25) is 0 Å². The third kappa shape index (κ3) is 3.81. The summed E-state index contributed by atoms with van der Waals surface area (Å²) in [6.45, 7) is 0.779. The largest absolute Gasteiger partial charge is 0.369 e. The Bertz CT molecular complexity index is 1020. The van der Waals surface area contributed by atoms with Crippen LogP contribution in [0.4, 0.5) is 21.8 Å². The van der Waals surface area contributed by atoms with Gasteiger partial charge in [-0.25, -0.2) is 9.37 Å². The molecule has 0 fully saturated rings. The average Bonchev–Trinajstić information content (AvgIpc) is 3.15. The smallest absolute Gasteiger partial charge is 0.229 e. The number of nitrogens with zero attached hydrogens (tertiary/aromatic N) is 2. The van der Waals surface area contributed by atoms with Gasteiger partial charge in [0.15, 0.2) is 0 Å². The Balaban J connectivity index is 1.60. The number of hydrogen-bond acceptors (Lipinski definition) is 5. The predicted molar refractivity (Wildman–Crippen MR) is 106 cm³/mol. The summed E-state index contributed by atoms with van der Waals surface area (Å²) in [5.74, 6) is 0.907. The number of para-hydroxylation sites is 1. The highest BCUT2D eigenvalue weighted by Crippen LogP contribution is 2.24. The molecule has 4 aromatic rings. The van der Waals surface area contributed by atoms with Gasteiger partial charge in [0, 0.05) is 22.5 Å². The highest BCUT2D eigenvalue weighted by molar-refractivity contribution is 7.09. The van der Waals surface area contributed by atoms with Crippen molar-refractivity contribution in [2.75, 3.05) is 17.2 Å². The van der Waals surface area contributed by atoms with Crippen molar-refractivity contribution in [1.29, 1.82) is 0 Å². The minimum atomic E-state index is -0.301. The van der Waals surface area contributed by atoms with E-state index in [-0.39, 0.29) is 5.82 Å². The monoisotopic (exact) mass is 364 g/mol. The number of thiophene rings is 1. The number of aromatic nitrogens is 2. The minimum absolute atomic E-state index is 0.301. The van der Waals surface area contributed by atoms with Crippen molar-refractivity contribution in [3.05, 3.63) is 76.7 Å². The van der Waals surface area contributed by atoms with E-state index in [1.807, 2.05) is 24.3 Å². The van der Waals surface area contributed by atoms with Crippen molar-refractivity contribution in [1.82, 2.24) is 9.97 Å². The van der Waals surface area contributed by atoms with E-state index in [1.54, 1.807) is 23.5 Å². The second-order valence-corrected chi connectivity index (χ2v) is 6.84. The lowest BCUT2D eigenvalue weighted by Crippen LogP contribution is -2.08. The molecule has 0 spiro atoms. The van der Waals surface area contributed by atoms with Crippen LogP contribution in [0.25, 0.3) is 10.9 Å². The molecule has 2 aromatic carbocycles. The van der Waals surface area contributed by atoms with Gasteiger partial charge in [0.1, 0.15) is 11.6 Å². The Morgan fingerprint density at radius 1 is 0.962 bits per heavy atom. The number of nitrogens with one attached hydrogen (secondary N) is 2. The van der Waals surface area contributed by atoms with E-state index in [0.717, 1.165) is 29.7 Å². The summed E-state index contributed by atoms with van der Waals surface area (Å²) in [7, 11) is 0. The third-order valence-corrected chi connectivity index (χ3v) is 4.86. The van der Waals surface area contributed by atoms with Crippen LogP contribution in [0.15, 0.2) is 66.0 Å². The Kier molecular flexibility index (Phi) is 4.75. The molecule has 0 amide bonds. The van der Waals surface area contributed by atoms with E-state index in [2.05, 4.69) is 38.1 Å². The van der Waals surface area contributed by atoms with Gasteiger partial charge in [-0.15, -0.1) is 11.3 Å². The summed E-state index contributed by atoms with van der Waals surface area (Å²) in [5.41, 5.74) is 1.45. The normalized spacial score (nSPS) is 10.8. The summed E-state index contributed by atoms with van der Waals surface area (Å²) in [6.07, 6.45) is 0.933. The zero-order chi connectivity index (χ0) is 17.8. The molecule has 0 aliphatic rings. The zero-order valence-corrected chi connectivity index (χ0v) is 14.8. The lowest BCUT2D eigenvalue weighted by molar-refractivity contribution is 0.628. The quantitative estimate of drug-likeness (QED) is 0.492. The van der Waals surface area contributed by atoms with E-state index >= 15 is 0 Å². The highest BCUT2D eigenvalue weighted by Gasteiger charge is 2.08. The molecule has 4 rings (SSSR count). The van der Waals surface area contributed by atoms with E-state index in [1.165, 1.54) is 17.0 Å². The SMILES string of the molecule is Fc1cccc(Nc2nc(NCCc3cccs3)c3ccccc3n2)c1. The minimum Gasteiger partial charge on any atom is -0.369 e. The van der Waals surface area contributed by atoms with Crippen molar-refractivity contribution >= 4 is 39.7 Å². The summed E-state index contributed by atoms with van der Waals surface area (Å²) in [4.78, 5) is 10.5. The van der Waals surface area contributed by atoms with Gasteiger partial charge in [0.05, 0.1) is 5.52 Å². The van der Waals surface area contributed by atoms with E-state index in [0.29, 0.717) is 11.6 Å². The number of anilines is 3. The topological polar surface area (TPSA) is 49.8 Å². The summed E-state index contributed by atoms with van der Waals surface area (Å²) in [5, 5.41) is 9.53. The van der Waals surface area contributed by atoms with Crippen LogP contribution in [0.1, 0.15) is 4.88 Å². The Labute approximate surface area is 154 Å². The van der Waals surface area contributed by atoms with Crippen LogP contribution in [0, 0.1) is 5.82 Å². The molecule has 6 heteroatoms. The number of benzene rings is 2. The molecule has 26 heavy (non-hydrogen) atoms. The van der Waals surface area contributed by atoms with Gasteiger partial charge < -0.3 is 10.6 Å². The van der Waals surface area contributed by atoms with Crippen LogP contribution in [0.3, 0.4) is 0 Å². The first kappa shape index (κ1) is 16.5. The first-order chi connectivity index (χ1) is 12.8. The fraction of sp³-hybridized carbons (Fsp3) is 0.100. The van der Waals surface area contributed by atoms with Crippen molar-refractivity contribution < 1.29 is 4.39 Å². The first-order valence-electron chi connectivity index (χ1n) is 8.33. The maximum absolute atomic E-state index is 13.4. The third-order valence-electron chi connectivity index (χ3n) is 3.93. The molecule has 2 N–H and O–H groups in total. The van der Waals surface area contributed by atoms with Gasteiger partial charge in [-0.1, -0.05) is 24.3 Å². The van der Waals surface area contributed by atoms with Crippen LogP contribution >= 0.6 is 11.3 Å². The number of fused-ring (bicyclic) bond motifs is 1. The first-order valence-corrected chi connectivity index (χ1v) is 9.21. The Morgan fingerprint density at radius 2 is 1.88 bits per heavy atom. The standard InChI is InChI=1S/C20H17FN4S/c21-14-5-3-6-15(13-14)23-20-24-18-9-2-1-8-17(18)19(25-20)22-11-10-16-7-4-12-26-16/h1-9,12-13H,10-11H2,(H2,22,23,24,25). The fourth-order valence-corrected chi connectivity index (χ4v) is 3.43. The highest BCUT2D eigenvalue weighted by atomic mass is 32.1. The summed E-state index contributed by atoms with van der Waals surface area (Å²) in [6, 6.07) is 18.3. The van der Waals surface area contributed by atoms with Crippen molar-refractivity contribution in [2.24, 2.45) is 0 Å². The van der Waals surface area contributed by atoms with Crippen LogP contribution < -0.4 is 10.6 Å². The van der Waals surface area contributed by atoms with Gasteiger partial charge in [0.2, 0.25) is 5.95 Å². The lowest BCUT2D eigenvalue weighted by atomic mass is 10.2. The maximum atomic E-state index is 13.4. The molecule has 0 atom stereocenters. The van der Waals surface area contributed by atoms with E-state index in [9.17, 15) is 4.39 Å². The molecule has 2 heterocycles. The van der Waals surface area contributed by atoms with Gasteiger partial charge >= 0.3 is 0 Å². The molecule has 0 saturated carbocycles. The van der Waals surface area contributed by atoms with Gasteiger partial charge in [-0.05, 0) is 48.2 Å². The van der Waals surface area contributed by atoms with Crippen LogP contribution in [0.2, 0.25) is 0 Å². The van der Waals surface area contributed by atoms with Crippen LogP contribution in [-0.4, -0.2) is 16.5 Å². The van der Waals surface area contributed by atoms with Crippen LogP contribution in [-0.2, 0) is 6.42 Å². The average molecular weight is 364 g/mol. The molecule has 0 radical (unpaired) electrons. The van der Waals surface area contributed by atoms with E-state index in [4.69, 9.17) is 0 Å². The number of rotatable bonds is 6. The molecular weight excluding hydrogens is 347 g/mol. The second kappa shape index (κ2) is 7.49. The summed E-state index contributed by atoms with van der Waals surface area (Å²) >= 11 is 1.75. The van der Waals surface area contributed by atoms with E-state index < -0.39 is 0 Å². The molecule has 0 aliphatic heterocycles. The van der Waals surface area contributed by atoms with Crippen LogP contribution in [0.5, 0.6) is 0 Å². The molecule has 4 nitrogen and oxygen atoms in total. The predicted octanol–water partition coefficient (Wildman–Crippen LogP) is 5.23. The van der Waals surface area contributed by atoms with Gasteiger partial charge in [-0.2, -0.15) is 4.98 Å². The van der Waals surface area contributed by atoms with Crippen molar-refractivity contribution in [3.8, 4) is 0 Å². The Morgan fingerprint density at radius 3 is 2.73 bits per heavy atom. The van der Waals surface area contributed by atoms with Crippen molar-refractivity contribution in [2.45, 2.75) is 6.42 Å². The number of hydrogen-bond donors (Lipinski definition) is 2. The lowest BCUT2D eigenvalue weighted by Gasteiger charge is -2.11.